The minimum atomic E-state index is 1.16. The quantitative estimate of drug-likeness (QED) is 0.444. The molecule has 0 aromatic rings. The molecule has 1 heteroatoms. The van der Waals surface area contributed by atoms with E-state index in [1.807, 2.05) is 0 Å². The normalized spacial score (nSPS) is 11.0. The molecule has 58 valence electrons. The van der Waals surface area contributed by atoms with Gasteiger partial charge < -0.3 is 0 Å². The van der Waals surface area contributed by atoms with Crippen LogP contribution in [0, 0.1) is 0 Å². The molecule has 0 fully saturated rings. The number of unbranched alkanes of at least 4 members (excludes halogenated alkanes) is 4. The van der Waals surface area contributed by atoms with Gasteiger partial charge in [-0.2, -0.15) is 0 Å². The average molecular weight is 175 g/mol. The van der Waals surface area contributed by atoms with Gasteiger partial charge in [-0.05, 0) is 0 Å². The van der Waals surface area contributed by atoms with Crippen molar-refractivity contribution in [3.05, 3.63) is 11.1 Å². The van der Waals surface area contributed by atoms with Crippen LogP contribution in [0.25, 0.3) is 0 Å². The third-order valence-corrected chi connectivity index (χ3v) is 1.52. The van der Waals surface area contributed by atoms with Crippen LogP contribution in [0.1, 0.15) is 39.0 Å². The van der Waals surface area contributed by atoms with Crippen molar-refractivity contribution in [1.29, 1.82) is 0 Å². The van der Waals surface area contributed by atoms with E-state index in [1.54, 1.807) is 4.97 Å². The summed E-state index contributed by atoms with van der Waals surface area (Å²) in [4.78, 5) is 1.69. The zero-order valence-corrected chi connectivity index (χ0v) is 6.93. The van der Waals surface area contributed by atoms with E-state index in [0.717, 1.165) is 6.42 Å². The molecule has 0 heterocycles. The molecule has 0 unspecified atom stereocenters. The third-order valence-electron chi connectivity index (χ3n) is 1.30. The van der Waals surface area contributed by atoms with Crippen LogP contribution in [0.3, 0.4) is 0 Å². The topological polar surface area (TPSA) is 0 Å². The molecule has 0 saturated carbocycles. The summed E-state index contributed by atoms with van der Waals surface area (Å²) in [6.07, 6.45) is 8.55. The van der Waals surface area contributed by atoms with Gasteiger partial charge in [-0.15, -0.1) is 0 Å². The van der Waals surface area contributed by atoms with Gasteiger partial charge in [0.15, 0.2) is 0 Å². The van der Waals surface area contributed by atoms with Crippen LogP contribution >= 0.6 is 0 Å². The fourth-order valence-corrected chi connectivity index (χ4v) is 0.896. The Morgan fingerprint density at radius 2 is 2.00 bits per heavy atom. The maximum atomic E-state index is 4.78. The summed E-state index contributed by atoms with van der Waals surface area (Å²) in [5.74, 6) is 0. The molecular weight excluding hydrogens is 160 g/mol. The second-order valence-corrected chi connectivity index (χ2v) is 2.50. The first-order chi connectivity index (χ1) is 4.41. The first-order valence-electron chi connectivity index (χ1n) is 3.62. The number of allylic oxidation sites excluding steroid dienone is 1. The standard InChI is InChI=1S/C8H15.Cu/c1-3-5-7-8-6-4-2;/h1,3H,4-8H2,2H3;. The van der Waals surface area contributed by atoms with Gasteiger partial charge in [0.1, 0.15) is 0 Å². The molecule has 0 aromatic carbocycles. The van der Waals surface area contributed by atoms with Crippen LogP contribution in [0.2, 0.25) is 0 Å². The summed E-state index contributed by atoms with van der Waals surface area (Å²) < 4.78 is 0. The molecule has 0 N–H and O–H groups in total. The minimum absolute atomic E-state index is 1.16. The van der Waals surface area contributed by atoms with Gasteiger partial charge in [-0.1, -0.05) is 0 Å². The summed E-state index contributed by atoms with van der Waals surface area (Å²) in [5, 5.41) is 0. The molecule has 0 aliphatic rings. The second-order valence-electron chi connectivity index (χ2n) is 2.19. The Morgan fingerprint density at radius 1 is 1.22 bits per heavy atom. The van der Waals surface area contributed by atoms with Gasteiger partial charge in [0, 0.05) is 0 Å². The molecule has 0 aliphatic carbocycles. The van der Waals surface area contributed by atoms with Crippen molar-refractivity contribution in [2.75, 3.05) is 0 Å². The van der Waals surface area contributed by atoms with Gasteiger partial charge in [0.2, 0.25) is 0 Å². The van der Waals surface area contributed by atoms with E-state index in [9.17, 15) is 0 Å². The predicted molar refractivity (Wildman–Crippen MR) is 37.9 cm³/mol. The molecule has 0 nitrogen and oxygen atoms in total. The molecular formula is C8H15Cu. The van der Waals surface area contributed by atoms with Crippen LogP contribution in [0.4, 0.5) is 0 Å². The first-order valence-corrected chi connectivity index (χ1v) is 4.17. The van der Waals surface area contributed by atoms with Crippen molar-refractivity contribution in [3.8, 4) is 0 Å². The van der Waals surface area contributed by atoms with Crippen molar-refractivity contribution < 1.29 is 16.0 Å². The van der Waals surface area contributed by atoms with Gasteiger partial charge in [0.25, 0.3) is 0 Å². The molecule has 0 saturated heterocycles. The summed E-state index contributed by atoms with van der Waals surface area (Å²) in [7, 11) is 0. The number of hydrogen-bond donors (Lipinski definition) is 0. The molecule has 0 atom stereocenters. The van der Waals surface area contributed by atoms with Gasteiger partial charge in [-0.25, -0.2) is 0 Å². The van der Waals surface area contributed by atoms with Crippen molar-refractivity contribution in [2.24, 2.45) is 0 Å². The van der Waals surface area contributed by atoms with E-state index >= 15 is 0 Å². The monoisotopic (exact) mass is 174 g/mol. The molecule has 0 spiro atoms. The Balaban J connectivity index is 2.75. The maximum absolute atomic E-state index is 4.78. The van der Waals surface area contributed by atoms with Crippen LogP contribution in [0.15, 0.2) is 11.1 Å². The van der Waals surface area contributed by atoms with Crippen molar-refractivity contribution in [2.45, 2.75) is 39.0 Å². The summed E-state index contributed by atoms with van der Waals surface area (Å²) in [6.45, 7) is 2.22. The van der Waals surface area contributed by atoms with E-state index < -0.39 is 0 Å². The third kappa shape index (κ3) is 8.26. The second kappa shape index (κ2) is 8.26. The zero-order chi connectivity index (χ0) is 6.95. The fraction of sp³-hybridized carbons (Fsp3) is 0.750. The number of hydrogen-bond acceptors (Lipinski definition) is 0. The predicted octanol–water partition coefficient (Wildman–Crippen LogP) is 3.02. The van der Waals surface area contributed by atoms with Crippen molar-refractivity contribution in [1.82, 2.24) is 0 Å². The van der Waals surface area contributed by atoms with Crippen LogP contribution in [0.5, 0.6) is 0 Å². The Kier molecular flexibility index (Phi) is 8.50. The molecule has 0 bridgehead atoms. The van der Waals surface area contributed by atoms with Crippen LogP contribution in [-0.4, -0.2) is 0 Å². The zero-order valence-electron chi connectivity index (χ0n) is 5.99. The Morgan fingerprint density at radius 3 is 2.56 bits per heavy atom. The Labute approximate surface area is 66.5 Å². The molecule has 0 aromatic heterocycles. The number of rotatable bonds is 5. The van der Waals surface area contributed by atoms with Crippen LogP contribution < -0.4 is 0 Å². The van der Waals surface area contributed by atoms with E-state index in [1.165, 1.54) is 25.7 Å². The summed E-state index contributed by atoms with van der Waals surface area (Å²) >= 11 is 4.78. The molecule has 0 amide bonds. The van der Waals surface area contributed by atoms with Gasteiger partial charge >= 0.3 is 66.1 Å². The van der Waals surface area contributed by atoms with Gasteiger partial charge in [0.05, 0.1) is 0 Å². The van der Waals surface area contributed by atoms with Gasteiger partial charge in [-0.3, -0.25) is 0 Å². The van der Waals surface area contributed by atoms with E-state index in [-0.39, 0.29) is 0 Å². The Bertz CT molecular complexity index is 67.0. The summed E-state index contributed by atoms with van der Waals surface area (Å²) in [6, 6.07) is 0. The van der Waals surface area contributed by atoms with Crippen LogP contribution in [-0.2, 0) is 16.0 Å². The Hall–Kier alpha value is 0.259. The SMILES string of the molecule is CCCCCC/C=[CH]/[Cu]. The van der Waals surface area contributed by atoms with Crippen molar-refractivity contribution in [3.63, 3.8) is 0 Å². The molecule has 0 radical (unpaired) electrons. The van der Waals surface area contributed by atoms with E-state index in [4.69, 9.17) is 16.0 Å². The molecule has 0 aliphatic heterocycles. The van der Waals surface area contributed by atoms with E-state index in [2.05, 4.69) is 13.0 Å². The average Bonchev–Trinajstić information content (AvgIpc) is 1.89. The fourth-order valence-electron chi connectivity index (χ4n) is 0.739. The van der Waals surface area contributed by atoms with Crippen molar-refractivity contribution >= 4 is 0 Å². The summed E-state index contributed by atoms with van der Waals surface area (Å²) in [5.41, 5.74) is 0. The van der Waals surface area contributed by atoms with E-state index in [0.29, 0.717) is 0 Å². The first kappa shape index (κ1) is 9.26. The molecule has 9 heavy (non-hydrogen) atoms. The molecule has 0 rings (SSSR count).